The van der Waals surface area contributed by atoms with E-state index in [1.807, 2.05) is 12.1 Å². The van der Waals surface area contributed by atoms with Crippen LogP contribution < -0.4 is 5.73 Å². The van der Waals surface area contributed by atoms with Gasteiger partial charge in [0.25, 0.3) is 0 Å². The fourth-order valence-corrected chi connectivity index (χ4v) is 1.61. The molecule has 2 rings (SSSR count). The number of ether oxygens (including phenoxy) is 1. The molecule has 16 heavy (non-hydrogen) atoms. The van der Waals surface area contributed by atoms with Gasteiger partial charge in [0.1, 0.15) is 0 Å². The summed E-state index contributed by atoms with van der Waals surface area (Å²) in [5.41, 5.74) is 8.71. The summed E-state index contributed by atoms with van der Waals surface area (Å²) in [5.74, 6) is 0.499. The molecule has 0 saturated heterocycles. The van der Waals surface area contributed by atoms with E-state index in [1.54, 1.807) is 19.5 Å². The first-order chi connectivity index (χ1) is 7.83. The van der Waals surface area contributed by atoms with Crippen LogP contribution in [0.5, 0.6) is 0 Å². The number of methoxy groups -OCH3 is 1. The number of nitrogens with one attached hydrogen (secondary N) is 1. The van der Waals surface area contributed by atoms with Gasteiger partial charge in [0.2, 0.25) is 0 Å². The zero-order chi connectivity index (χ0) is 11.4. The van der Waals surface area contributed by atoms with Gasteiger partial charge in [-0.2, -0.15) is 5.10 Å². The van der Waals surface area contributed by atoms with Crippen molar-refractivity contribution in [1.29, 1.82) is 0 Å². The van der Waals surface area contributed by atoms with E-state index in [-0.39, 0.29) is 0 Å². The van der Waals surface area contributed by atoms with Crippen molar-refractivity contribution in [2.45, 2.75) is 6.42 Å². The molecule has 5 nitrogen and oxygen atoms in total. The number of pyridine rings is 1. The van der Waals surface area contributed by atoms with E-state index in [0.29, 0.717) is 12.4 Å². The molecule has 0 atom stereocenters. The zero-order valence-electron chi connectivity index (χ0n) is 9.10. The average molecular weight is 218 g/mol. The van der Waals surface area contributed by atoms with Crippen molar-refractivity contribution in [3.8, 4) is 11.1 Å². The first kappa shape index (κ1) is 10.6. The molecule has 0 bridgehead atoms. The van der Waals surface area contributed by atoms with Gasteiger partial charge in [0, 0.05) is 42.7 Å². The predicted octanol–water partition coefficient (Wildman–Crippen LogP) is 1.24. The Bertz CT molecular complexity index is 452. The molecule has 2 aromatic rings. The number of rotatable bonds is 4. The summed E-state index contributed by atoms with van der Waals surface area (Å²) >= 11 is 0. The number of nitrogens with two attached hydrogens (primary N) is 1. The third kappa shape index (κ3) is 2.04. The van der Waals surface area contributed by atoms with Gasteiger partial charge in [0.15, 0.2) is 5.82 Å². The predicted molar refractivity (Wildman–Crippen MR) is 61.8 cm³/mol. The molecule has 0 amide bonds. The number of anilines is 1. The fraction of sp³-hybridized carbons (Fsp3) is 0.273. The second-order valence-corrected chi connectivity index (χ2v) is 3.45. The maximum atomic E-state index is 5.83. The standard InChI is InChI=1S/C11H14N4O/c1-16-6-4-9-10(11(12)15-14-9)8-3-2-5-13-7-8/h2-3,5,7H,4,6H2,1H3,(H3,12,14,15). The Labute approximate surface area is 93.7 Å². The number of hydrogen-bond acceptors (Lipinski definition) is 4. The van der Waals surface area contributed by atoms with E-state index in [0.717, 1.165) is 23.2 Å². The highest BCUT2D eigenvalue weighted by Gasteiger charge is 2.12. The zero-order valence-corrected chi connectivity index (χ0v) is 9.10. The van der Waals surface area contributed by atoms with Gasteiger partial charge in [-0.25, -0.2) is 0 Å². The molecule has 2 heterocycles. The van der Waals surface area contributed by atoms with Crippen molar-refractivity contribution >= 4 is 5.82 Å². The van der Waals surface area contributed by atoms with Crippen LogP contribution in [0.15, 0.2) is 24.5 Å². The molecule has 0 saturated carbocycles. The molecule has 0 fully saturated rings. The van der Waals surface area contributed by atoms with E-state index in [2.05, 4.69) is 15.2 Å². The number of nitrogen functional groups attached to an aromatic ring is 1. The van der Waals surface area contributed by atoms with Crippen LogP contribution in [0.3, 0.4) is 0 Å². The molecule has 0 aliphatic carbocycles. The maximum Gasteiger partial charge on any atom is 0.153 e. The summed E-state index contributed by atoms with van der Waals surface area (Å²) in [4.78, 5) is 4.07. The van der Waals surface area contributed by atoms with Crippen LogP contribution in [0.25, 0.3) is 11.1 Å². The number of aromatic nitrogens is 3. The Morgan fingerprint density at radius 1 is 1.50 bits per heavy atom. The van der Waals surface area contributed by atoms with Gasteiger partial charge in [-0.1, -0.05) is 6.07 Å². The molecule has 0 aliphatic heterocycles. The van der Waals surface area contributed by atoms with Crippen LogP contribution in [0.2, 0.25) is 0 Å². The van der Waals surface area contributed by atoms with Crippen LogP contribution in [-0.2, 0) is 11.2 Å². The van der Waals surface area contributed by atoms with E-state index in [1.165, 1.54) is 0 Å². The molecule has 3 N–H and O–H groups in total. The highest BCUT2D eigenvalue weighted by Crippen LogP contribution is 2.27. The third-order valence-electron chi connectivity index (χ3n) is 2.38. The summed E-state index contributed by atoms with van der Waals surface area (Å²) in [6.45, 7) is 0.634. The molecular weight excluding hydrogens is 204 g/mol. The largest absolute Gasteiger partial charge is 0.384 e. The van der Waals surface area contributed by atoms with E-state index >= 15 is 0 Å². The lowest BCUT2D eigenvalue weighted by Gasteiger charge is -2.03. The average Bonchev–Trinajstić information content (AvgIpc) is 2.69. The van der Waals surface area contributed by atoms with Gasteiger partial charge < -0.3 is 10.5 Å². The minimum absolute atomic E-state index is 0.499. The molecule has 0 spiro atoms. The third-order valence-corrected chi connectivity index (χ3v) is 2.38. The van der Waals surface area contributed by atoms with Gasteiger partial charge in [0.05, 0.1) is 6.61 Å². The number of nitrogens with zero attached hydrogens (tertiary/aromatic N) is 2. The quantitative estimate of drug-likeness (QED) is 0.809. The van der Waals surface area contributed by atoms with Gasteiger partial charge >= 0.3 is 0 Å². The highest BCUT2D eigenvalue weighted by molar-refractivity contribution is 5.75. The minimum atomic E-state index is 0.499. The summed E-state index contributed by atoms with van der Waals surface area (Å²) in [7, 11) is 1.67. The monoisotopic (exact) mass is 218 g/mol. The van der Waals surface area contributed by atoms with Crippen LogP contribution in [0, 0.1) is 0 Å². The second kappa shape index (κ2) is 4.76. The molecule has 5 heteroatoms. The Balaban J connectivity index is 2.35. The van der Waals surface area contributed by atoms with Crippen LogP contribution in [-0.4, -0.2) is 28.9 Å². The smallest absolute Gasteiger partial charge is 0.153 e. The van der Waals surface area contributed by atoms with Gasteiger partial charge in [-0.3, -0.25) is 10.1 Å². The summed E-state index contributed by atoms with van der Waals surface area (Å²) < 4.78 is 5.04. The fourth-order valence-electron chi connectivity index (χ4n) is 1.61. The lowest BCUT2D eigenvalue weighted by molar-refractivity contribution is 0.201. The SMILES string of the molecule is COCCc1[nH]nc(N)c1-c1cccnc1. The highest BCUT2D eigenvalue weighted by atomic mass is 16.5. The molecule has 84 valence electrons. The first-order valence-electron chi connectivity index (χ1n) is 5.05. The molecule has 0 unspecified atom stereocenters. The van der Waals surface area contributed by atoms with Crippen LogP contribution >= 0.6 is 0 Å². The normalized spacial score (nSPS) is 10.6. The lowest BCUT2D eigenvalue weighted by atomic mass is 10.1. The van der Waals surface area contributed by atoms with E-state index in [4.69, 9.17) is 10.5 Å². The molecule has 0 aliphatic rings. The Morgan fingerprint density at radius 3 is 3.06 bits per heavy atom. The summed E-state index contributed by atoms with van der Waals surface area (Å²) in [6, 6.07) is 3.84. The second-order valence-electron chi connectivity index (χ2n) is 3.45. The van der Waals surface area contributed by atoms with Crippen molar-refractivity contribution in [2.24, 2.45) is 0 Å². The van der Waals surface area contributed by atoms with Crippen LogP contribution in [0.4, 0.5) is 5.82 Å². The van der Waals surface area contributed by atoms with Crippen LogP contribution in [0.1, 0.15) is 5.69 Å². The van der Waals surface area contributed by atoms with Crippen molar-refractivity contribution in [3.05, 3.63) is 30.2 Å². The lowest BCUT2D eigenvalue weighted by Crippen LogP contribution is -1.97. The van der Waals surface area contributed by atoms with E-state index in [9.17, 15) is 0 Å². The Kier molecular flexibility index (Phi) is 3.16. The van der Waals surface area contributed by atoms with Crippen molar-refractivity contribution in [1.82, 2.24) is 15.2 Å². The summed E-state index contributed by atoms with van der Waals surface area (Å²) in [6.07, 6.45) is 4.26. The van der Waals surface area contributed by atoms with E-state index < -0.39 is 0 Å². The van der Waals surface area contributed by atoms with Crippen molar-refractivity contribution < 1.29 is 4.74 Å². The summed E-state index contributed by atoms with van der Waals surface area (Å²) in [5, 5.41) is 6.94. The van der Waals surface area contributed by atoms with Crippen molar-refractivity contribution in [3.63, 3.8) is 0 Å². The molecular formula is C11H14N4O. The maximum absolute atomic E-state index is 5.83. The molecule has 2 aromatic heterocycles. The van der Waals surface area contributed by atoms with Crippen molar-refractivity contribution in [2.75, 3.05) is 19.5 Å². The molecule has 0 aromatic carbocycles. The topological polar surface area (TPSA) is 76.8 Å². The number of aromatic amines is 1. The Morgan fingerprint density at radius 2 is 2.38 bits per heavy atom. The number of hydrogen-bond donors (Lipinski definition) is 2. The first-order valence-corrected chi connectivity index (χ1v) is 5.05. The van der Waals surface area contributed by atoms with Gasteiger partial charge in [-0.05, 0) is 6.07 Å². The minimum Gasteiger partial charge on any atom is -0.384 e. The molecule has 0 radical (unpaired) electrons. The number of H-pyrrole nitrogens is 1. The van der Waals surface area contributed by atoms with Gasteiger partial charge in [-0.15, -0.1) is 0 Å². The Hall–Kier alpha value is -1.88.